The molecular weight excluding hydrogens is 222 g/mol. The van der Waals surface area contributed by atoms with Crippen LogP contribution in [0, 0.1) is 0 Å². The molecule has 2 aromatic rings. The van der Waals surface area contributed by atoms with Gasteiger partial charge < -0.3 is 9.88 Å². The van der Waals surface area contributed by atoms with Gasteiger partial charge in [0.2, 0.25) is 0 Å². The van der Waals surface area contributed by atoms with E-state index in [1.54, 1.807) is 0 Å². The molecule has 3 nitrogen and oxygen atoms in total. The van der Waals surface area contributed by atoms with Gasteiger partial charge in [0.05, 0.1) is 12.0 Å². The number of hydrogen-bond donors (Lipinski definition) is 1. The number of hydrogen-bond acceptors (Lipinski definition) is 2. The SMILES string of the molecule is CCNC(CCc1ccccc1)c1cncn1C. The van der Waals surface area contributed by atoms with E-state index in [0.29, 0.717) is 6.04 Å². The highest BCUT2D eigenvalue weighted by Crippen LogP contribution is 2.18. The van der Waals surface area contributed by atoms with Gasteiger partial charge in [-0.25, -0.2) is 4.98 Å². The second-order valence-electron chi connectivity index (χ2n) is 4.56. The van der Waals surface area contributed by atoms with Crippen molar-refractivity contribution in [3.05, 3.63) is 54.1 Å². The molecule has 0 amide bonds. The van der Waals surface area contributed by atoms with Crippen molar-refractivity contribution >= 4 is 0 Å². The predicted molar refractivity (Wildman–Crippen MR) is 74.4 cm³/mol. The maximum atomic E-state index is 4.20. The zero-order chi connectivity index (χ0) is 12.8. The van der Waals surface area contributed by atoms with Crippen molar-refractivity contribution in [2.45, 2.75) is 25.8 Å². The van der Waals surface area contributed by atoms with Gasteiger partial charge in [-0.05, 0) is 24.9 Å². The van der Waals surface area contributed by atoms with E-state index >= 15 is 0 Å². The first-order valence-electron chi connectivity index (χ1n) is 6.54. The summed E-state index contributed by atoms with van der Waals surface area (Å²) in [4.78, 5) is 4.20. The second kappa shape index (κ2) is 6.36. The monoisotopic (exact) mass is 243 g/mol. The van der Waals surface area contributed by atoms with Crippen LogP contribution in [0.4, 0.5) is 0 Å². The molecule has 3 heteroatoms. The Morgan fingerprint density at radius 1 is 1.28 bits per heavy atom. The van der Waals surface area contributed by atoms with E-state index in [9.17, 15) is 0 Å². The zero-order valence-corrected chi connectivity index (χ0v) is 11.1. The van der Waals surface area contributed by atoms with E-state index in [-0.39, 0.29) is 0 Å². The van der Waals surface area contributed by atoms with Gasteiger partial charge >= 0.3 is 0 Å². The van der Waals surface area contributed by atoms with Crippen molar-refractivity contribution in [3.63, 3.8) is 0 Å². The summed E-state index contributed by atoms with van der Waals surface area (Å²) in [7, 11) is 2.05. The first-order chi connectivity index (χ1) is 8.81. The average Bonchev–Trinajstić information content (AvgIpc) is 2.82. The number of aryl methyl sites for hydroxylation is 2. The minimum atomic E-state index is 0.378. The molecular formula is C15H21N3. The normalized spacial score (nSPS) is 12.6. The highest BCUT2D eigenvalue weighted by Gasteiger charge is 2.13. The van der Waals surface area contributed by atoms with Crippen molar-refractivity contribution in [2.24, 2.45) is 7.05 Å². The van der Waals surface area contributed by atoms with Crippen LogP contribution in [-0.4, -0.2) is 16.1 Å². The fraction of sp³-hybridized carbons (Fsp3) is 0.400. The third-order valence-corrected chi connectivity index (χ3v) is 3.23. The van der Waals surface area contributed by atoms with Gasteiger partial charge in [0.15, 0.2) is 0 Å². The highest BCUT2D eigenvalue weighted by molar-refractivity contribution is 5.15. The lowest BCUT2D eigenvalue weighted by Gasteiger charge is -2.18. The molecule has 0 aliphatic heterocycles. The van der Waals surface area contributed by atoms with Crippen LogP contribution < -0.4 is 5.32 Å². The molecule has 18 heavy (non-hydrogen) atoms. The lowest BCUT2D eigenvalue weighted by Crippen LogP contribution is -2.23. The van der Waals surface area contributed by atoms with E-state index in [0.717, 1.165) is 19.4 Å². The van der Waals surface area contributed by atoms with Crippen LogP contribution in [-0.2, 0) is 13.5 Å². The highest BCUT2D eigenvalue weighted by atomic mass is 15.1. The number of imidazole rings is 1. The maximum Gasteiger partial charge on any atom is 0.0946 e. The van der Waals surface area contributed by atoms with Crippen molar-refractivity contribution in [1.29, 1.82) is 0 Å². The Morgan fingerprint density at radius 3 is 2.67 bits per heavy atom. The van der Waals surface area contributed by atoms with Gasteiger partial charge in [0.25, 0.3) is 0 Å². The Labute approximate surface area is 109 Å². The Hall–Kier alpha value is -1.61. The summed E-state index contributed by atoms with van der Waals surface area (Å²) in [5.74, 6) is 0. The van der Waals surface area contributed by atoms with Gasteiger partial charge in [-0.2, -0.15) is 0 Å². The van der Waals surface area contributed by atoms with Crippen LogP contribution in [0.5, 0.6) is 0 Å². The first kappa shape index (κ1) is 12.8. The molecule has 0 saturated heterocycles. The quantitative estimate of drug-likeness (QED) is 0.845. The summed E-state index contributed by atoms with van der Waals surface area (Å²) in [5, 5.41) is 3.54. The van der Waals surface area contributed by atoms with Crippen molar-refractivity contribution in [2.75, 3.05) is 6.54 Å². The summed E-state index contributed by atoms with van der Waals surface area (Å²) >= 11 is 0. The molecule has 0 bridgehead atoms. The molecule has 0 fully saturated rings. The largest absolute Gasteiger partial charge is 0.336 e. The minimum Gasteiger partial charge on any atom is -0.336 e. The minimum absolute atomic E-state index is 0.378. The van der Waals surface area contributed by atoms with Gasteiger partial charge in [0, 0.05) is 19.3 Å². The van der Waals surface area contributed by atoms with Crippen LogP contribution in [0.1, 0.15) is 30.6 Å². The Balaban J connectivity index is 2.01. The topological polar surface area (TPSA) is 29.9 Å². The van der Waals surface area contributed by atoms with E-state index in [1.165, 1.54) is 11.3 Å². The van der Waals surface area contributed by atoms with E-state index < -0.39 is 0 Å². The number of nitrogens with zero attached hydrogens (tertiary/aromatic N) is 2. The van der Waals surface area contributed by atoms with Gasteiger partial charge in [0.1, 0.15) is 0 Å². The Bertz CT molecular complexity index is 462. The number of nitrogens with one attached hydrogen (secondary N) is 1. The van der Waals surface area contributed by atoms with Crippen molar-refractivity contribution < 1.29 is 0 Å². The zero-order valence-electron chi connectivity index (χ0n) is 11.1. The van der Waals surface area contributed by atoms with Gasteiger partial charge in [-0.3, -0.25) is 0 Å². The van der Waals surface area contributed by atoms with Crippen LogP contribution in [0.15, 0.2) is 42.9 Å². The molecule has 0 aliphatic carbocycles. The summed E-state index contributed by atoms with van der Waals surface area (Å²) in [5.41, 5.74) is 2.65. The van der Waals surface area contributed by atoms with Crippen LogP contribution in [0.2, 0.25) is 0 Å². The van der Waals surface area contributed by atoms with Crippen LogP contribution >= 0.6 is 0 Å². The van der Waals surface area contributed by atoms with Crippen molar-refractivity contribution in [3.8, 4) is 0 Å². The molecule has 96 valence electrons. The molecule has 0 radical (unpaired) electrons. The fourth-order valence-corrected chi connectivity index (χ4v) is 2.26. The first-order valence-corrected chi connectivity index (χ1v) is 6.54. The van der Waals surface area contributed by atoms with E-state index in [4.69, 9.17) is 0 Å². The molecule has 0 spiro atoms. The molecule has 1 atom stereocenters. The molecule has 0 aliphatic rings. The van der Waals surface area contributed by atoms with Crippen LogP contribution in [0.25, 0.3) is 0 Å². The summed E-state index contributed by atoms with van der Waals surface area (Å²) < 4.78 is 2.10. The lowest BCUT2D eigenvalue weighted by atomic mass is 10.0. The number of benzene rings is 1. The third-order valence-electron chi connectivity index (χ3n) is 3.23. The van der Waals surface area contributed by atoms with Gasteiger partial charge in [-0.15, -0.1) is 0 Å². The predicted octanol–water partition coefficient (Wildman–Crippen LogP) is 2.70. The maximum absolute atomic E-state index is 4.20. The molecule has 1 aromatic heterocycles. The molecule has 1 heterocycles. The summed E-state index contributed by atoms with van der Waals surface area (Å²) in [6, 6.07) is 11.0. The Kier molecular flexibility index (Phi) is 4.53. The standard InChI is InChI=1S/C15H21N3/c1-3-17-14(15-11-16-12-18(15)2)10-9-13-7-5-4-6-8-13/h4-8,11-12,14,17H,3,9-10H2,1-2H3. The van der Waals surface area contributed by atoms with E-state index in [1.807, 2.05) is 12.5 Å². The molecule has 2 rings (SSSR count). The Morgan fingerprint density at radius 2 is 2.06 bits per heavy atom. The van der Waals surface area contributed by atoms with E-state index in [2.05, 4.69) is 59.2 Å². The summed E-state index contributed by atoms with van der Waals surface area (Å²) in [6.07, 6.45) is 6.00. The smallest absolute Gasteiger partial charge is 0.0946 e. The molecule has 1 unspecified atom stereocenters. The lowest BCUT2D eigenvalue weighted by molar-refractivity contribution is 0.490. The number of rotatable bonds is 6. The molecule has 0 saturated carbocycles. The fourth-order valence-electron chi connectivity index (χ4n) is 2.26. The third kappa shape index (κ3) is 3.20. The van der Waals surface area contributed by atoms with Crippen LogP contribution in [0.3, 0.4) is 0 Å². The summed E-state index contributed by atoms with van der Waals surface area (Å²) in [6.45, 7) is 3.12. The second-order valence-corrected chi connectivity index (χ2v) is 4.56. The number of aromatic nitrogens is 2. The molecule has 1 aromatic carbocycles. The average molecular weight is 243 g/mol. The molecule has 1 N–H and O–H groups in total. The van der Waals surface area contributed by atoms with Gasteiger partial charge in [-0.1, -0.05) is 37.3 Å². The van der Waals surface area contributed by atoms with Crippen molar-refractivity contribution in [1.82, 2.24) is 14.9 Å².